The maximum Gasteiger partial charge on any atom is 0.272 e. The highest BCUT2D eigenvalue weighted by molar-refractivity contribution is 6.32. The summed E-state index contributed by atoms with van der Waals surface area (Å²) >= 11 is 5.84. The molecule has 0 aliphatic heterocycles. The molecule has 8 nitrogen and oxygen atoms in total. The predicted octanol–water partition coefficient (Wildman–Crippen LogP) is 5.03. The SMILES string of the molecule is Cc1ccc(Cn2ccc3c(/C=N/NC(=O)c4ccc(O)c(Cl)c4)cccc32)cc1[N+](=O)[O-]. The van der Waals surface area contributed by atoms with Crippen LogP contribution in [0.5, 0.6) is 5.75 Å². The molecule has 9 heteroatoms. The molecule has 2 N–H and O–H groups in total. The second kappa shape index (κ2) is 9.13. The molecular weight excluding hydrogens is 444 g/mol. The zero-order valence-electron chi connectivity index (χ0n) is 17.5. The summed E-state index contributed by atoms with van der Waals surface area (Å²) in [5.41, 5.74) is 5.99. The van der Waals surface area contributed by atoms with Crippen LogP contribution >= 0.6 is 11.6 Å². The number of aryl methyl sites for hydroxylation is 1. The van der Waals surface area contributed by atoms with Gasteiger partial charge in [-0.3, -0.25) is 14.9 Å². The number of fused-ring (bicyclic) bond motifs is 1. The van der Waals surface area contributed by atoms with Gasteiger partial charge in [-0.1, -0.05) is 35.9 Å². The van der Waals surface area contributed by atoms with Crippen molar-refractivity contribution in [2.45, 2.75) is 13.5 Å². The number of phenols is 1. The van der Waals surface area contributed by atoms with Crippen molar-refractivity contribution in [3.8, 4) is 5.75 Å². The number of hydrazone groups is 1. The topological polar surface area (TPSA) is 110 Å². The highest BCUT2D eigenvalue weighted by atomic mass is 35.5. The van der Waals surface area contributed by atoms with Crippen molar-refractivity contribution in [3.05, 3.63) is 104 Å². The fourth-order valence-electron chi connectivity index (χ4n) is 3.52. The highest BCUT2D eigenvalue weighted by Gasteiger charge is 2.12. The van der Waals surface area contributed by atoms with Crippen LogP contribution in [-0.2, 0) is 6.54 Å². The van der Waals surface area contributed by atoms with E-state index in [-0.39, 0.29) is 26.9 Å². The number of aromatic hydroxyl groups is 1. The van der Waals surface area contributed by atoms with E-state index >= 15 is 0 Å². The quantitative estimate of drug-likeness (QED) is 0.238. The average molecular weight is 463 g/mol. The maximum absolute atomic E-state index is 12.3. The Morgan fingerprint density at radius 1 is 1.21 bits per heavy atom. The number of carbonyl (C=O) groups is 1. The lowest BCUT2D eigenvalue weighted by molar-refractivity contribution is -0.385. The standard InChI is InChI=1S/C24H19ClN4O4/c1-15-5-6-16(11-22(15)29(32)33)14-28-10-9-19-18(3-2-4-21(19)28)13-26-27-24(31)17-7-8-23(30)20(25)12-17/h2-13,30H,14H2,1H3,(H,27,31)/b26-13+. The van der Waals surface area contributed by atoms with E-state index in [1.54, 1.807) is 25.3 Å². The van der Waals surface area contributed by atoms with Gasteiger partial charge in [0.05, 0.1) is 16.2 Å². The van der Waals surface area contributed by atoms with Gasteiger partial charge in [0.1, 0.15) is 5.75 Å². The average Bonchev–Trinajstić information content (AvgIpc) is 3.20. The number of nitrogens with one attached hydrogen (secondary N) is 1. The number of amides is 1. The van der Waals surface area contributed by atoms with E-state index in [1.165, 1.54) is 18.2 Å². The van der Waals surface area contributed by atoms with Crippen molar-refractivity contribution in [2.24, 2.45) is 5.10 Å². The Kier molecular flexibility index (Phi) is 6.10. The smallest absolute Gasteiger partial charge is 0.272 e. The minimum absolute atomic E-state index is 0.0802. The fraction of sp³-hybridized carbons (Fsp3) is 0.0833. The molecule has 0 saturated heterocycles. The Balaban J connectivity index is 1.54. The molecule has 1 aromatic heterocycles. The maximum atomic E-state index is 12.3. The summed E-state index contributed by atoms with van der Waals surface area (Å²) in [5, 5.41) is 25.8. The molecule has 4 aromatic rings. The molecule has 0 atom stereocenters. The minimum atomic E-state index is -0.459. The van der Waals surface area contributed by atoms with Gasteiger partial charge in [-0.25, -0.2) is 5.43 Å². The number of nitrogens with zero attached hydrogens (tertiary/aromatic N) is 3. The van der Waals surface area contributed by atoms with E-state index in [4.69, 9.17) is 11.6 Å². The van der Waals surface area contributed by atoms with E-state index in [9.17, 15) is 20.0 Å². The first-order valence-electron chi connectivity index (χ1n) is 9.97. The molecule has 0 fully saturated rings. The number of aromatic nitrogens is 1. The van der Waals surface area contributed by atoms with Crippen molar-refractivity contribution in [3.63, 3.8) is 0 Å². The first-order valence-corrected chi connectivity index (χ1v) is 10.3. The molecule has 33 heavy (non-hydrogen) atoms. The number of rotatable bonds is 6. The van der Waals surface area contributed by atoms with Gasteiger partial charge >= 0.3 is 0 Å². The lowest BCUT2D eigenvalue weighted by atomic mass is 10.1. The van der Waals surface area contributed by atoms with Crippen LogP contribution < -0.4 is 5.43 Å². The summed E-state index contributed by atoms with van der Waals surface area (Å²) in [7, 11) is 0. The summed E-state index contributed by atoms with van der Waals surface area (Å²) in [6.07, 6.45) is 3.45. The molecule has 0 bridgehead atoms. The number of hydrogen-bond donors (Lipinski definition) is 2. The van der Waals surface area contributed by atoms with Crippen LogP contribution in [0.1, 0.15) is 27.0 Å². The second-order valence-corrected chi connectivity index (χ2v) is 7.87. The lowest BCUT2D eigenvalue weighted by Crippen LogP contribution is -2.17. The summed E-state index contributed by atoms with van der Waals surface area (Å²) < 4.78 is 2.00. The molecule has 0 aliphatic rings. The van der Waals surface area contributed by atoms with Crippen LogP contribution in [0.15, 0.2) is 72.0 Å². The van der Waals surface area contributed by atoms with Gasteiger partial charge in [0, 0.05) is 46.4 Å². The Hall–Kier alpha value is -4.17. The van der Waals surface area contributed by atoms with Crippen molar-refractivity contribution in [1.29, 1.82) is 0 Å². The van der Waals surface area contributed by atoms with E-state index < -0.39 is 5.91 Å². The zero-order valence-corrected chi connectivity index (χ0v) is 18.3. The first kappa shape index (κ1) is 22.0. The van der Waals surface area contributed by atoms with Gasteiger partial charge in [-0.05, 0) is 42.8 Å². The van der Waals surface area contributed by atoms with E-state index in [1.807, 2.05) is 41.1 Å². The van der Waals surface area contributed by atoms with Crippen molar-refractivity contribution >= 4 is 40.3 Å². The number of nitro groups is 1. The van der Waals surface area contributed by atoms with Gasteiger partial charge in [0.15, 0.2) is 0 Å². The number of hydrogen-bond acceptors (Lipinski definition) is 5. The van der Waals surface area contributed by atoms with Gasteiger partial charge in [-0.15, -0.1) is 0 Å². The molecule has 4 rings (SSSR count). The molecule has 0 spiro atoms. The van der Waals surface area contributed by atoms with Crippen molar-refractivity contribution in [1.82, 2.24) is 9.99 Å². The van der Waals surface area contributed by atoms with Gasteiger partial charge in [0.25, 0.3) is 11.6 Å². The van der Waals surface area contributed by atoms with Crippen LogP contribution in [0, 0.1) is 17.0 Å². The van der Waals surface area contributed by atoms with E-state index in [0.29, 0.717) is 12.1 Å². The molecule has 0 saturated carbocycles. The zero-order chi connectivity index (χ0) is 23.5. The third kappa shape index (κ3) is 4.70. The Morgan fingerprint density at radius 3 is 2.79 bits per heavy atom. The van der Waals surface area contributed by atoms with Gasteiger partial charge < -0.3 is 9.67 Å². The number of phenolic OH excluding ortho intramolecular Hbond substituents is 1. The number of halogens is 1. The Bertz CT molecular complexity index is 1410. The van der Waals surface area contributed by atoms with Gasteiger partial charge in [0.2, 0.25) is 0 Å². The molecule has 3 aromatic carbocycles. The molecule has 1 heterocycles. The third-order valence-electron chi connectivity index (χ3n) is 5.25. The molecule has 0 radical (unpaired) electrons. The lowest BCUT2D eigenvalue weighted by Gasteiger charge is -2.07. The largest absolute Gasteiger partial charge is 0.506 e. The normalized spacial score (nSPS) is 11.2. The van der Waals surface area contributed by atoms with Crippen LogP contribution in [0.3, 0.4) is 0 Å². The monoisotopic (exact) mass is 462 g/mol. The third-order valence-corrected chi connectivity index (χ3v) is 5.55. The number of nitro benzene ring substituents is 1. The van der Waals surface area contributed by atoms with E-state index in [2.05, 4.69) is 10.5 Å². The summed E-state index contributed by atoms with van der Waals surface area (Å²) in [6, 6.07) is 17.0. The molecule has 1 amide bonds. The van der Waals surface area contributed by atoms with Crippen LogP contribution in [-0.4, -0.2) is 26.7 Å². The van der Waals surface area contributed by atoms with Crippen LogP contribution in [0.2, 0.25) is 5.02 Å². The molecule has 0 unspecified atom stereocenters. The Morgan fingerprint density at radius 2 is 2.03 bits per heavy atom. The Labute approximate surface area is 193 Å². The summed E-state index contributed by atoms with van der Waals surface area (Å²) in [6.45, 7) is 2.19. The van der Waals surface area contributed by atoms with Crippen LogP contribution in [0.4, 0.5) is 5.69 Å². The number of carbonyl (C=O) groups excluding carboxylic acids is 1. The van der Waals surface area contributed by atoms with Crippen LogP contribution in [0.25, 0.3) is 10.9 Å². The second-order valence-electron chi connectivity index (χ2n) is 7.47. The fourth-order valence-corrected chi connectivity index (χ4v) is 3.70. The summed E-state index contributed by atoms with van der Waals surface area (Å²) in [4.78, 5) is 23.1. The summed E-state index contributed by atoms with van der Waals surface area (Å²) in [5.74, 6) is -0.563. The minimum Gasteiger partial charge on any atom is -0.506 e. The highest BCUT2D eigenvalue weighted by Crippen LogP contribution is 2.24. The number of benzene rings is 3. The first-order chi connectivity index (χ1) is 15.8. The van der Waals surface area contributed by atoms with E-state index in [0.717, 1.165) is 22.0 Å². The molecular formula is C24H19ClN4O4. The van der Waals surface area contributed by atoms with Gasteiger partial charge in [-0.2, -0.15) is 5.10 Å². The predicted molar refractivity (Wildman–Crippen MR) is 127 cm³/mol. The molecule has 0 aliphatic carbocycles. The molecule has 166 valence electrons. The van der Waals surface area contributed by atoms with Crippen molar-refractivity contribution in [2.75, 3.05) is 0 Å². The van der Waals surface area contributed by atoms with Crippen molar-refractivity contribution < 1.29 is 14.8 Å².